The fraction of sp³-hybridized carbons (Fsp3) is 0.500. The number of nitrogens with one attached hydrogen (secondary N) is 1. The van der Waals surface area contributed by atoms with Gasteiger partial charge in [0.25, 0.3) is 0 Å². The lowest BCUT2D eigenvalue weighted by Crippen LogP contribution is -2.29. The van der Waals surface area contributed by atoms with Crippen molar-refractivity contribution in [3.05, 3.63) is 41.6 Å². The summed E-state index contributed by atoms with van der Waals surface area (Å²) in [6, 6.07) is 10.1. The van der Waals surface area contributed by atoms with Gasteiger partial charge in [0.15, 0.2) is 0 Å². The third kappa shape index (κ3) is 4.10. The van der Waals surface area contributed by atoms with Gasteiger partial charge in [0.05, 0.1) is 11.4 Å². The van der Waals surface area contributed by atoms with Gasteiger partial charge in [-0.25, -0.2) is 4.68 Å². The standard InChI is InChI=1S/C20H27N3O2/c1-14-6-5-7-16(12-14)23-18(13-17(22-23)20(2,3)4)21-19(24)15-8-10-25-11-9-15/h5-7,12-13,15H,8-11H2,1-4H3,(H,21,24). The molecule has 5 heteroatoms. The smallest absolute Gasteiger partial charge is 0.228 e. The molecule has 1 amide bonds. The molecular formula is C20H27N3O2. The summed E-state index contributed by atoms with van der Waals surface area (Å²) >= 11 is 0. The Morgan fingerprint density at radius 1 is 1.24 bits per heavy atom. The highest BCUT2D eigenvalue weighted by Crippen LogP contribution is 2.27. The van der Waals surface area contributed by atoms with E-state index in [9.17, 15) is 4.79 Å². The zero-order valence-electron chi connectivity index (χ0n) is 15.5. The minimum Gasteiger partial charge on any atom is -0.381 e. The van der Waals surface area contributed by atoms with Crippen LogP contribution in [0.4, 0.5) is 5.82 Å². The Morgan fingerprint density at radius 2 is 1.96 bits per heavy atom. The average molecular weight is 341 g/mol. The fourth-order valence-corrected chi connectivity index (χ4v) is 2.98. The lowest BCUT2D eigenvalue weighted by atomic mass is 9.92. The number of aromatic nitrogens is 2. The van der Waals surface area contributed by atoms with Crippen LogP contribution in [0, 0.1) is 12.8 Å². The van der Waals surface area contributed by atoms with Gasteiger partial charge in [0.1, 0.15) is 5.82 Å². The molecule has 1 aromatic carbocycles. The normalized spacial score (nSPS) is 16.0. The van der Waals surface area contributed by atoms with Crippen LogP contribution in [0.25, 0.3) is 5.69 Å². The van der Waals surface area contributed by atoms with Crippen LogP contribution in [0.1, 0.15) is 44.9 Å². The number of aryl methyl sites for hydroxylation is 1. The zero-order valence-corrected chi connectivity index (χ0v) is 15.5. The van der Waals surface area contributed by atoms with Crippen molar-refractivity contribution in [3.63, 3.8) is 0 Å². The van der Waals surface area contributed by atoms with Gasteiger partial charge in [-0.2, -0.15) is 5.10 Å². The molecule has 1 saturated heterocycles. The molecule has 1 aliphatic heterocycles. The van der Waals surface area contributed by atoms with Crippen LogP contribution in [0.3, 0.4) is 0 Å². The second-order valence-electron chi connectivity index (χ2n) is 7.79. The molecule has 0 saturated carbocycles. The van der Waals surface area contributed by atoms with E-state index < -0.39 is 0 Å². The number of carbonyl (C=O) groups is 1. The number of hydrogen-bond acceptors (Lipinski definition) is 3. The van der Waals surface area contributed by atoms with E-state index in [1.807, 2.05) is 22.9 Å². The number of benzene rings is 1. The highest BCUT2D eigenvalue weighted by Gasteiger charge is 2.25. The van der Waals surface area contributed by atoms with Gasteiger partial charge in [-0.05, 0) is 37.5 Å². The van der Waals surface area contributed by atoms with Crippen LogP contribution in [-0.2, 0) is 14.9 Å². The highest BCUT2D eigenvalue weighted by atomic mass is 16.5. The molecule has 2 aromatic rings. The van der Waals surface area contributed by atoms with E-state index >= 15 is 0 Å². The molecule has 1 fully saturated rings. The summed E-state index contributed by atoms with van der Waals surface area (Å²) in [5.74, 6) is 0.789. The molecule has 2 heterocycles. The molecule has 1 N–H and O–H groups in total. The quantitative estimate of drug-likeness (QED) is 0.923. The van der Waals surface area contributed by atoms with Crippen molar-refractivity contribution in [2.24, 2.45) is 5.92 Å². The molecular weight excluding hydrogens is 314 g/mol. The van der Waals surface area contributed by atoms with Crippen molar-refractivity contribution >= 4 is 11.7 Å². The lowest BCUT2D eigenvalue weighted by Gasteiger charge is -2.21. The minimum absolute atomic E-state index is 0.00713. The second kappa shape index (κ2) is 7.00. The van der Waals surface area contributed by atoms with E-state index in [1.165, 1.54) is 0 Å². The summed E-state index contributed by atoms with van der Waals surface area (Å²) in [7, 11) is 0. The summed E-state index contributed by atoms with van der Waals surface area (Å²) in [4.78, 5) is 12.7. The van der Waals surface area contributed by atoms with Gasteiger partial charge in [-0.1, -0.05) is 32.9 Å². The van der Waals surface area contributed by atoms with E-state index in [-0.39, 0.29) is 17.2 Å². The molecule has 0 spiro atoms. The first kappa shape index (κ1) is 17.7. The largest absolute Gasteiger partial charge is 0.381 e. The van der Waals surface area contributed by atoms with E-state index in [1.54, 1.807) is 0 Å². The summed E-state index contributed by atoms with van der Waals surface area (Å²) in [5, 5.41) is 7.86. The maximum absolute atomic E-state index is 12.7. The minimum atomic E-state index is -0.0900. The van der Waals surface area contributed by atoms with E-state index in [0.717, 1.165) is 35.6 Å². The molecule has 1 aliphatic rings. The molecule has 3 rings (SSSR count). The molecule has 0 atom stereocenters. The summed E-state index contributed by atoms with van der Waals surface area (Å²) in [6.07, 6.45) is 1.55. The zero-order chi connectivity index (χ0) is 18.0. The molecule has 1 aromatic heterocycles. The second-order valence-corrected chi connectivity index (χ2v) is 7.79. The number of nitrogens with zero attached hydrogens (tertiary/aromatic N) is 2. The van der Waals surface area contributed by atoms with Crippen molar-refractivity contribution in [1.29, 1.82) is 0 Å². The van der Waals surface area contributed by atoms with Gasteiger partial charge < -0.3 is 10.1 Å². The van der Waals surface area contributed by atoms with Gasteiger partial charge in [-0.15, -0.1) is 0 Å². The van der Waals surface area contributed by atoms with Gasteiger partial charge >= 0.3 is 0 Å². The van der Waals surface area contributed by atoms with Crippen LogP contribution in [0.5, 0.6) is 0 Å². The predicted octanol–water partition coefficient (Wildman–Crippen LogP) is 3.84. The van der Waals surface area contributed by atoms with Crippen LogP contribution in [0.15, 0.2) is 30.3 Å². The van der Waals surface area contributed by atoms with Crippen LogP contribution in [0.2, 0.25) is 0 Å². The first-order chi connectivity index (χ1) is 11.8. The first-order valence-corrected chi connectivity index (χ1v) is 8.91. The third-order valence-corrected chi connectivity index (χ3v) is 4.57. The summed E-state index contributed by atoms with van der Waals surface area (Å²) in [5.41, 5.74) is 2.98. The molecule has 5 nitrogen and oxygen atoms in total. The van der Waals surface area contributed by atoms with Gasteiger partial charge in [-0.3, -0.25) is 4.79 Å². The van der Waals surface area contributed by atoms with Crippen LogP contribution >= 0.6 is 0 Å². The number of carbonyl (C=O) groups excluding carboxylic acids is 1. The average Bonchev–Trinajstić information content (AvgIpc) is 3.00. The van der Waals surface area contributed by atoms with Crippen LogP contribution < -0.4 is 5.32 Å². The molecule has 0 unspecified atom stereocenters. The number of ether oxygens (including phenoxy) is 1. The van der Waals surface area contributed by atoms with Crippen molar-refractivity contribution in [3.8, 4) is 5.69 Å². The molecule has 0 aliphatic carbocycles. The first-order valence-electron chi connectivity index (χ1n) is 8.91. The van der Waals surface area contributed by atoms with Gasteiger partial charge in [0, 0.05) is 30.6 Å². The van der Waals surface area contributed by atoms with Crippen molar-refractivity contribution in [1.82, 2.24) is 9.78 Å². The maximum atomic E-state index is 12.7. The van der Waals surface area contributed by atoms with Crippen LogP contribution in [-0.4, -0.2) is 28.9 Å². The van der Waals surface area contributed by atoms with E-state index in [2.05, 4.69) is 45.1 Å². The number of rotatable bonds is 3. The predicted molar refractivity (Wildman–Crippen MR) is 99.2 cm³/mol. The summed E-state index contributed by atoms with van der Waals surface area (Å²) < 4.78 is 7.20. The Hall–Kier alpha value is -2.14. The highest BCUT2D eigenvalue weighted by molar-refractivity contribution is 5.92. The number of amides is 1. The maximum Gasteiger partial charge on any atom is 0.228 e. The third-order valence-electron chi connectivity index (χ3n) is 4.57. The Labute approximate surface area is 149 Å². The topological polar surface area (TPSA) is 56.2 Å². The fourth-order valence-electron chi connectivity index (χ4n) is 2.98. The Bertz CT molecular complexity index is 753. The Kier molecular flexibility index (Phi) is 4.95. The molecule has 134 valence electrons. The van der Waals surface area contributed by atoms with E-state index in [0.29, 0.717) is 13.2 Å². The SMILES string of the molecule is Cc1cccc(-n2nc(C(C)(C)C)cc2NC(=O)C2CCOCC2)c1. The van der Waals surface area contributed by atoms with Gasteiger partial charge in [0.2, 0.25) is 5.91 Å². The Balaban J connectivity index is 1.93. The van der Waals surface area contributed by atoms with Crippen molar-refractivity contribution < 1.29 is 9.53 Å². The van der Waals surface area contributed by atoms with E-state index in [4.69, 9.17) is 9.84 Å². The monoisotopic (exact) mass is 341 g/mol. The Morgan fingerprint density at radius 3 is 2.60 bits per heavy atom. The molecule has 25 heavy (non-hydrogen) atoms. The molecule has 0 radical (unpaired) electrons. The van der Waals surface area contributed by atoms with Crippen molar-refractivity contribution in [2.75, 3.05) is 18.5 Å². The lowest BCUT2D eigenvalue weighted by molar-refractivity contribution is -0.122. The number of anilines is 1. The summed E-state index contributed by atoms with van der Waals surface area (Å²) in [6.45, 7) is 9.74. The van der Waals surface area contributed by atoms with Crippen molar-refractivity contribution in [2.45, 2.75) is 46.0 Å². The number of hydrogen-bond donors (Lipinski definition) is 1. The molecule has 0 bridgehead atoms.